The van der Waals surface area contributed by atoms with E-state index in [1.165, 1.54) is 36.3 Å². The number of rotatable bonds is 11. The van der Waals surface area contributed by atoms with Crippen LogP contribution in [-0.2, 0) is 26.2 Å². The number of hydrogen-bond acceptors (Lipinski definition) is 5. The summed E-state index contributed by atoms with van der Waals surface area (Å²) in [6, 6.07) is 16.6. The summed E-state index contributed by atoms with van der Waals surface area (Å²) >= 11 is 12.4. The van der Waals surface area contributed by atoms with E-state index >= 15 is 0 Å². The smallest absolute Gasteiger partial charge is 0.264 e. The van der Waals surface area contributed by atoms with Gasteiger partial charge in [-0.25, -0.2) is 8.42 Å². The lowest BCUT2D eigenvalue weighted by Crippen LogP contribution is -2.51. The van der Waals surface area contributed by atoms with Crippen LogP contribution in [0.25, 0.3) is 0 Å². The maximum Gasteiger partial charge on any atom is 0.264 e. The third kappa shape index (κ3) is 7.44. The molecule has 0 aliphatic rings. The highest BCUT2D eigenvalue weighted by molar-refractivity contribution is 7.92. The average molecular weight is 593 g/mol. The largest absolute Gasteiger partial charge is 0.497 e. The van der Waals surface area contributed by atoms with Gasteiger partial charge in [0.1, 0.15) is 18.3 Å². The molecule has 2 amide bonds. The van der Waals surface area contributed by atoms with Gasteiger partial charge in [0.25, 0.3) is 10.0 Å². The SMILES string of the molecule is CCNC(=O)C(C)N(Cc1ccc(Cl)cc1Cl)C(=O)CN(c1ccc(C)cc1)S(=O)(=O)c1ccc(OC)cc1. The van der Waals surface area contributed by atoms with Crippen LogP contribution in [0.4, 0.5) is 5.69 Å². The van der Waals surface area contributed by atoms with E-state index in [1.54, 1.807) is 56.3 Å². The Morgan fingerprint density at radius 2 is 1.64 bits per heavy atom. The number of hydrogen-bond donors (Lipinski definition) is 1. The summed E-state index contributed by atoms with van der Waals surface area (Å²) in [5.41, 5.74) is 1.79. The average Bonchev–Trinajstić information content (AvgIpc) is 2.91. The van der Waals surface area contributed by atoms with Crippen LogP contribution in [-0.4, -0.2) is 51.4 Å². The maximum absolute atomic E-state index is 13.9. The van der Waals surface area contributed by atoms with Gasteiger partial charge in [-0.2, -0.15) is 0 Å². The molecule has 3 aromatic carbocycles. The predicted octanol–water partition coefficient (Wildman–Crippen LogP) is 5.06. The number of anilines is 1. The molecule has 0 spiro atoms. The second kappa shape index (κ2) is 13.2. The van der Waals surface area contributed by atoms with Crippen LogP contribution in [0.3, 0.4) is 0 Å². The molecular weight excluding hydrogens is 561 g/mol. The van der Waals surface area contributed by atoms with Crippen molar-refractivity contribution in [2.75, 3.05) is 24.5 Å². The van der Waals surface area contributed by atoms with Gasteiger partial charge in [0.05, 0.1) is 17.7 Å². The number of methoxy groups -OCH3 is 1. The van der Waals surface area contributed by atoms with Crippen LogP contribution >= 0.6 is 23.2 Å². The number of nitrogens with one attached hydrogen (secondary N) is 1. The minimum atomic E-state index is -4.18. The Morgan fingerprint density at radius 3 is 2.21 bits per heavy atom. The Kier molecular flexibility index (Phi) is 10.2. The zero-order valence-corrected chi connectivity index (χ0v) is 24.5. The van der Waals surface area contributed by atoms with Crippen LogP contribution in [0.5, 0.6) is 5.75 Å². The summed E-state index contributed by atoms with van der Waals surface area (Å²) in [4.78, 5) is 27.9. The first-order valence-corrected chi connectivity index (χ1v) is 14.4. The number of sulfonamides is 1. The molecule has 0 saturated heterocycles. The van der Waals surface area contributed by atoms with Crippen LogP contribution < -0.4 is 14.4 Å². The topological polar surface area (TPSA) is 96.0 Å². The number of carbonyl (C=O) groups is 2. The molecular formula is C28H31Cl2N3O5S. The molecule has 208 valence electrons. The highest BCUT2D eigenvalue weighted by atomic mass is 35.5. The molecule has 8 nitrogen and oxygen atoms in total. The van der Waals surface area contributed by atoms with Gasteiger partial charge in [-0.15, -0.1) is 0 Å². The van der Waals surface area contributed by atoms with Crippen LogP contribution in [0.1, 0.15) is 25.0 Å². The first-order chi connectivity index (χ1) is 18.5. The third-order valence-corrected chi connectivity index (χ3v) is 8.50. The van der Waals surface area contributed by atoms with E-state index in [-0.39, 0.29) is 17.3 Å². The van der Waals surface area contributed by atoms with Gasteiger partial charge in [-0.05, 0) is 74.9 Å². The normalized spacial score (nSPS) is 11.9. The van der Waals surface area contributed by atoms with E-state index in [1.807, 2.05) is 6.92 Å². The van der Waals surface area contributed by atoms with E-state index in [2.05, 4.69) is 5.32 Å². The van der Waals surface area contributed by atoms with Crippen molar-refractivity contribution in [1.82, 2.24) is 10.2 Å². The maximum atomic E-state index is 13.9. The number of ether oxygens (including phenoxy) is 1. The minimum absolute atomic E-state index is 0.0132. The number of nitrogens with zero attached hydrogens (tertiary/aromatic N) is 2. The molecule has 1 N–H and O–H groups in total. The Morgan fingerprint density at radius 1 is 1.00 bits per heavy atom. The monoisotopic (exact) mass is 591 g/mol. The lowest BCUT2D eigenvalue weighted by atomic mass is 10.1. The summed E-state index contributed by atoms with van der Waals surface area (Å²) in [5.74, 6) is -0.470. The second-order valence-electron chi connectivity index (χ2n) is 8.85. The molecule has 1 atom stereocenters. The molecule has 0 saturated carbocycles. The summed E-state index contributed by atoms with van der Waals surface area (Å²) in [7, 11) is -2.69. The van der Waals surface area contributed by atoms with Crippen molar-refractivity contribution in [3.63, 3.8) is 0 Å². The summed E-state index contributed by atoms with van der Waals surface area (Å²) < 4.78 is 33.9. The Bertz CT molecular complexity index is 1410. The number of halogens is 2. The fourth-order valence-corrected chi connectivity index (χ4v) is 5.74. The van der Waals surface area contributed by atoms with Crippen LogP contribution in [0, 0.1) is 6.92 Å². The third-order valence-electron chi connectivity index (χ3n) is 6.12. The van der Waals surface area contributed by atoms with E-state index in [0.717, 1.165) is 9.87 Å². The molecule has 11 heteroatoms. The minimum Gasteiger partial charge on any atom is -0.497 e. The van der Waals surface area contributed by atoms with Crippen molar-refractivity contribution in [3.8, 4) is 5.75 Å². The number of carbonyl (C=O) groups excluding carboxylic acids is 2. The van der Waals surface area contributed by atoms with Gasteiger partial charge in [0.15, 0.2) is 0 Å². The molecule has 1 unspecified atom stereocenters. The number of benzene rings is 3. The predicted molar refractivity (Wildman–Crippen MR) is 154 cm³/mol. The first kappa shape index (κ1) is 30.3. The fraction of sp³-hybridized carbons (Fsp3) is 0.286. The summed E-state index contributed by atoms with van der Waals surface area (Å²) in [5, 5.41) is 3.47. The van der Waals surface area contributed by atoms with Crippen LogP contribution in [0.15, 0.2) is 71.6 Å². The molecule has 0 aromatic heterocycles. The standard InChI is InChI=1S/C28H31Cl2N3O5S/c1-5-31-28(35)20(3)32(17-21-8-9-22(29)16-26(21)30)27(34)18-33(23-10-6-19(2)7-11-23)39(36,37)25-14-12-24(38-4)13-15-25/h6-16,20H,5,17-18H2,1-4H3,(H,31,35). The van der Waals surface area contributed by atoms with Crippen molar-refractivity contribution in [2.45, 2.75) is 38.3 Å². The van der Waals surface area contributed by atoms with Gasteiger partial charge in [0.2, 0.25) is 11.8 Å². The van der Waals surface area contributed by atoms with Crippen LogP contribution in [0.2, 0.25) is 10.0 Å². The van der Waals surface area contributed by atoms with Crippen molar-refractivity contribution in [3.05, 3.63) is 87.9 Å². The second-order valence-corrected chi connectivity index (χ2v) is 11.6. The Labute approximate surface area is 239 Å². The van der Waals surface area contributed by atoms with Gasteiger partial charge in [0, 0.05) is 23.1 Å². The number of amides is 2. The Balaban J connectivity index is 2.04. The van der Waals surface area contributed by atoms with E-state index in [9.17, 15) is 18.0 Å². The molecule has 39 heavy (non-hydrogen) atoms. The highest BCUT2D eigenvalue weighted by Crippen LogP contribution is 2.27. The quantitative estimate of drug-likeness (QED) is 0.336. The number of aryl methyl sites for hydroxylation is 1. The van der Waals surface area contributed by atoms with Gasteiger partial charge in [-0.1, -0.05) is 47.0 Å². The molecule has 3 aromatic rings. The lowest BCUT2D eigenvalue weighted by Gasteiger charge is -2.32. The van der Waals surface area contributed by atoms with Gasteiger partial charge in [-0.3, -0.25) is 13.9 Å². The zero-order valence-electron chi connectivity index (χ0n) is 22.1. The molecule has 0 heterocycles. The van der Waals surface area contributed by atoms with E-state index < -0.39 is 28.5 Å². The van der Waals surface area contributed by atoms with Crippen molar-refractivity contribution in [2.24, 2.45) is 0 Å². The molecule has 0 radical (unpaired) electrons. The molecule has 0 fully saturated rings. The van der Waals surface area contributed by atoms with Gasteiger partial charge < -0.3 is 15.0 Å². The van der Waals surface area contributed by atoms with Crippen molar-refractivity contribution < 1.29 is 22.7 Å². The van der Waals surface area contributed by atoms with Gasteiger partial charge >= 0.3 is 0 Å². The summed E-state index contributed by atoms with van der Waals surface area (Å²) in [6.07, 6.45) is 0. The zero-order chi connectivity index (χ0) is 28.7. The molecule has 3 rings (SSSR count). The van der Waals surface area contributed by atoms with Crippen molar-refractivity contribution >= 4 is 50.7 Å². The molecule has 0 aliphatic heterocycles. The summed E-state index contributed by atoms with van der Waals surface area (Å²) in [6.45, 7) is 5.02. The molecule has 0 bridgehead atoms. The fourth-order valence-electron chi connectivity index (χ4n) is 3.85. The Hall–Kier alpha value is -3.27. The highest BCUT2D eigenvalue weighted by Gasteiger charge is 2.32. The van der Waals surface area contributed by atoms with Crippen molar-refractivity contribution in [1.29, 1.82) is 0 Å². The lowest BCUT2D eigenvalue weighted by molar-refractivity contribution is -0.139. The first-order valence-electron chi connectivity index (χ1n) is 12.2. The van der Waals surface area contributed by atoms with E-state index in [0.29, 0.717) is 33.6 Å². The number of likely N-dealkylation sites (N-methyl/N-ethyl adjacent to an activating group) is 1. The molecule has 0 aliphatic carbocycles. The van der Waals surface area contributed by atoms with E-state index in [4.69, 9.17) is 27.9 Å².